The van der Waals surface area contributed by atoms with E-state index in [1.807, 2.05) is 0 Å². The molecule has 0 aliphatic carbocycles. The zero-order valence-electron chi connectivity index (χ0n) is 14.7. The summed E-state index contributed by atoms with van der Waals surface area (Å²) in [5, 5.41) is 13.0. The first-order chi connectivity index (χ1) is 9.42. The lowest BCUT2D eigenvalue weighted by Gasteiger charge is -2.34. The molecule has 0 amide bonds. The molecule has 2 N–H and O–H groups in total. The summed E-state index contributed by atoms with van der Waals surface area (Å²) in [5.41, 5.74) is -0.119. The molecule has 0 aliphatic rings. The van der Waals surface area contributed by atoms with E-state index in [2.05, 4.69) is 51.8 Å². The van der Waals surface area contributed by atoms with Crippen LogP contribution in [-0.4, -0.2) is 47.8 Å². The van der Waals surface area contributed by atoms with E-state index in [9.17, 15) is 5.11 Å². The highest BCUT2D eigenvalue weighted by molar-refractivity contribution is 4.82. The van der Waals surface area contributed by atoms with Crippen LogP contribution in [0.4, 0.5) is 0 Å². The van der Waals surface area contributed by atoms with Gasteiger partial charge in [0.1, 0.15) is 0 Å². The third-order valence-electron chi connectivity index (χ3n) is 4.18. The van der Waals surface area contributed by atoms with Gasteiger partial charge in [-0.3, -0.25) is 0 Å². The normalized spacial score (nSPS) is 15.3. The molecule has 0 bridgehead atoms. The molecule has 0 heterocycles. The van der Waals surface area contributed by atoms with Crippen molar-refractivity contribution >= 4 is 0 Å². The van der Waals surface area contributed by atoms with Crippen LogP contribution in [0.2, 0.25) is 0 Å². The van der Waals surface area contributed by atoms with Crippen LogP contribution in [0.15, 0.2) is 0 Å². The second kappa shape index (κ2) is 10.6. The first kappa shape index (κ1) is 19.9. The Kier molecular flexibility index (Phi) is 10.5. The van der Waals surface area contributed by atoms with E-state index >= 15 is 0 Å². The van der Waals surface area contributed by atoms with Crippen LogP contribution >= 0.6 is 0 Å². The molecular formula is C17H38N2O. The molecule has 3 nitrogen and oxygen atoms in total. The van der Waals surface area contributed by atoms with Crippen molar-refractivity contribution in [3.63, 3.8) is 0 Å². The molecule has 0 aromatic carbocycles. The summed E-state index contributed by atoms with van der Waals surface area (Å²) in [7, 11) is 0. The summed E-state index contributed by atoms with van der Waals surface area (Å²) in [6.45, 7) is 16.9. The molecule has 122 valence electrons. The largest absolute Gasteiger partial charge is 0.394 e. The Morgan fingerprint density at radius 3 is 2.15 bits per heavy atom. The standard InChI is InChI=1S/C17H38N2O/c1-7-16(8-2)19(13-15(4)5)12-10-11-17(6,14-20)18-9-3/h15-16,18,20H,7-14H2,1-6H3. The Morgan fingerprint density at radius 2 is 1.75 bits per heavy atom. The Labute approximate surface area is 127 Å². The van der Waals surface area contributed by atoms with Crippen molar-refractivity contribution in [2.24, 2.45) is 5.92 Å². The van der Waals surface area contributed by atoms with Gasteiger partial charge in [0.05, 0.1) is 6.61 Å². The lowest BCUT2D eigenvalue weighted by Crippen LogP contribution is -2.46. The van der Waals surface area contributed by atoms with Gasteiger partial charge in [-0.1, -0.05) is 34.6 Å². The second-order valence-electron chi connectivity index (χ2n) is 6.71. The number of nitrogens with one attached hydrogen (secondary N) is 1. The van der Waals surface area contributed by atoms with Crippen molar-refractivity contribution in [1.82, 2.24) is 10.2 Å². The molecule has 20 heavy (non-hydrogen) atoms. The molecule has 0 aromatic rings. The lowest BCUT2D eigenvalue weighted by atomic mass is 9.96. The highest BCUT2D eigenvalue weighted by Crippen LogP contribution is 2.16. The van der Waals surface area contributed by atoms with Gasteiger partial charge in [0.15, 0.2) is 0 Å². The SMILES string of the molecule is CCNC(C)(CO)CCCN(CC(C)C)C(CC)CC. The molecule has 0 saturated heterocycles. The Morgan fingerprint density at radius 1 is 1.15 bits per heavy atom. The molecule has 1 unspecified atom stereocenters. The molecule has 0 fully saturated rings. The van der Waals surface area contributed by atoms with Gasteiger partial charge in [-0.15, -0.1) is 0 Å². The molecule has 0 spiro atoms. The zero-order chi connectivity index (χ0) is 15.6. The minimum atomic E-state index is -0.119. The maximum absolute atomic E-state index is 9.55. The summed E-state index contributed by atoms with van der Waals surface area (Å²) < 4.78 is 0. The summed E-state index contributed by atoms with van der Waals surface area (Å²) in [6, 6.07) is 0.705. The fourth-order valence-electron chi connectivity index (χ4n) is 3.02. The topological polar surface area (TPSA) is 35.5 Å². The average molecular weight is 287 g/mol. The maximum Gasteiger partial charge on any atom is 0.0610 e. The van der Waals surface area contributed by atoms with Gasteiger partial charge in [0, 0.05) is 18.1 Å². The van der Waals surface area contributed by atoms with Gasteiger partial charge in [-0.05, 0) is 51.6 Å². The van der Waals surface area contributed by atoms with Crippen molar-refractivity contribution in [3.8, 4) is 0 Å². The zero-order valence-corrected chi connectivity index (χ0v) is 14.7. The fraction of sp³-hybridized carbons (Fsp3) is 1.00. The smallest absolute Gasteiger partial charge is 0.0610 e. The number of likely N-dealkylation sites (N-methyl/N-ethyl adjacent to an activating group) is 1. The monoisotopic (exact) mass is 286 g/mol. The van der Waals surface area contributed by atoms with Gasteiger partial charge in [-0.25, -0.2) is 0 Å². The van der Waals surface area contributed by atoms with Gasteiger partial charge < -0.3 is 15.3 Å². The second-order valence-corrected chi connectivity index (χ2v) is 6.71. The van der Waals surface area contributed by atoms with Crippen molar-refractivity contribution in [2.75, 3.05) is 26.2 Å². The maximum atomic E-state index is 9.55. The molecule has 0 aliphatic heterocycles. The number of hydrogen-bond acceptors (Lipinski definition) is 3. The Hall–Kier alpha value is -0.120. The highest BCUT2D eigenvalue weighted by Gasteiger charge is 2.23. The minimum absolute atomic E-state index is 0.119. The van der Waals surface area contributed by atoms with Gasteiger partial charge in [-0.2, -0.15) is 0 Å². The molecule has 0 aromatic heterocycles. The quantitative estimate of drug-likeness (QED) is 0.578. The third-order valence-corrected chi connectivity index (χ3v) is 4.18. The molecule has 3 heteroatoms. The van der Waals surface area contributed by atoms with Crippen LogP contribution in [-0.2, 0) is 0 Å². The molecule has 1 atom stereocenters. The van der Waals surface area contributed by atoms with Crippen LogP contribution in [0.3, 0.4) is 0 Å². The van der Waals surface area contributed by atoms with Crippen molar-refractivity contribution in [1.29, 1.82) is 0 Å². The van der Waals surface area contributed by atoms with Crippen LogP contribution in [0.1, 0.15) is 67.2 Å². The minimum Gasteiger partial charge on any atom is -0.394 e. The van der Waals surface area contributed by atoms with Gasteiger partial charge in [0.25, 0.3) is 0 Å². The molecular weight excluding hydrogens is 248 g/mol. The fourth-order valence-corrected chi connectivity index (χ4v) is 3.02. The van der Waals surface area contributed by atoms with E-state index in [0.29, 0.717) is 12.0 Å². The molecule has 0 rings (SSSR count). The van der Waals surface area contributed by atoms with Crippen molar-refractivity contribution in [2.45, 2.75) is 78.8 Å². The van der Waals surface area contributed by atoms with Crippen LogP contribution < -0.4 is 5.32 Å². The Bertz CT molecular complexity index is 229. The predicted molar refractivity (Wildman–Crippen MR) is 89.2 cm³/mol. The summed E-state index contributed by atoms with van der Waals surface area (Å²) in [6.07, 6.45) is 4.64. The van der Waals surface area contributed by atoms with Crippen LogP contribution in [0.5, 0.6) is 0 Å². The van der Waals surface area contributed by atoms with E-state index in [-0.39, 0.29) is 12.1 Å². The van der Waals surface area contributed by atoms with Crippen molar-refractivity contribution in [3.05, 3.63) is 0 Å². The Balaban J connectivity index is 4.37. The van der Waals surface area contributed by atoms with Crippen molar-refractivity contribution < 1.29 is 5.11 Å². The third kappa shape index (κ3) is 7.61. The van der Waals surface area contributed by atoms with Crippen LogP contribution in [0.25, 0.3) is 0 Å². The van der Waals surface area contributed by atoms with E-state index < -0.39 is 0 Å². The first-order valence-corrected chi connectivity index (χ1v) is 8.52. The summed E-state index contributed by atoms with van der Waals surface area (Å²) in [4.78, 5) is 2.65. The number of aliphatic hydroxyl groups excluding tert-OH is 1. The highest BCUT2D eigenvalue weighted by atomic mass is 16.3. The van der Waals surface area contributed by atoms with E-state index in [4.69, 9.17) is 0 Å². The first-order valence-electron chi connectivity index (χ1n) is 8.52. The molecule has 0 saturated carbocycles. The van der Waals surface area contributed by atoms with Gasteiger partial charge in [0.2, 0.25) is 0 Å². The average Bonchev–Trinajstić information content (AvgIpc) is 2.39. The summed E-state index contributed by atoms with van der Waals surface area (Å²) >= 11 is 0. The predicted octanol–water partition coefficient (Wildman–Crippen LogP) is 3.27. The van der Waals surface area contributed by atoms with E-state index in [1.54, 1.807) is 0 Å². The molecule has 0 radical (unpaired) electrons. The van der Waals surface area contributed by atoms with Gasteiger partial charge >= 0.3 is 0 Å². The van der Waals surface area contributed by atoms with E-state index in [1.165, 1.54) is 19.4 Å². The number of nitrogens with zero attached hydrogens (tertiary/aromatic N) is 1. The van der Waals surface area contributed by atoms with Crippen LogP contribution in [0, 0.1) is 5.92 Å². The number of hydrogen-bond donors (Lipinski definition) is 2. The number of rotatable bonds is 12. The lowest BCUT2D eigenvalue weighted by molar-refractivity contribution is 0.136. The number of aliphatic hydroxyl groups is 1. The summed E-state index contributed by atoms with van der Waals surface area (Å²) in [5.74, 6) is 0.716. The van der Waals surface area contributed by atoms with E-state index in [0.717, 1.165) is 25.9 Å².